The maximum Gasteiger partial charge on any atom is 0.248 e. The van der Waals surface area contributed by atoms with Gasteiger partial charge in [-0.25, -0.2) is 8.78 Å². The Kier molecular flexibility index (Phi) is 5.32. The Morgan fingerprint density at radius 1 is 1.48 bits per heavy atom. The number of aliphatic hydroxyl groups excluding tert-OH is 1. The number of alkyl halides is 2. The smallest absolute Gasteiger partial charge is 0.248 e. The second-order valence-electron chi connectivity index (χ2n) is 5.11. The Balaban J connectivity index is 1.80. The van der Waals surface area contributed by atoms with Crippen LogP contribution in [0.5, 0.6) is 0 Å². The minimum atomic E-state index is -2.61. The molecule has 1 heterocycles. The zero-order valence-electron chi connectivity index (χ0n) is 11.5. The largest absolute Gasteiger partial charge is 0.384 e. The summed E-state index contributed by atoms with van der Waals surface area (Å²) in [6.45, 7) is 0.200. The summed E-state index contributed by atoms with van der Waals surface area (Å²) < 4.78 is 26.1. The summed E-state index contributed by atoms with van der Waals surface area (Å²) >= 11 is 1.47. The Labute approximate surface area is 126 Å². The molecule has 1 aliphatic rings. The van der Waals surface area contributed by atoms with Crippen LogP contribution in [0.15, 0.2) is 11.4 Å². The topological polar surface area (TPSA) is 49.3 Å². The van der Waals surface area contributed by atoms with E-state index < -0.39 is 5.92 Å². The molecule has 0 atom stereocenters. The summed E-state index contributed by atoms with van der Waals surface area (Å²) in [5.41, 5.74) is 0.801. The molecule has 2 N–H and O–H groups in total. The van der Waals surface area contributed by atoms with Crippen LogP contribution in [0.1, 0.15) is 36.1 Å². The molecule has 0 aliphatic heterocycles. The number of nitrogens with one attached hydrogen (secondary N) is 1. The minimum absolute atomic E-state index is 0.151. The summed E-state index contributed by atoms with van der Waals surface area (Å²) in [6, 6.07) is 1.85. The number of carbonyl (C=O) groups excluding carboxylic acids is 1. The van der Waals surface area contributed by atoms with Crippen LogP contribution < -0.4 is 5.32 Å². The molecule has 1 amide bonds. The number of thiophene rings is 1. The molecule has 114 valence electrons. The number of rotatable bonds is 3. The van der Waals surface area contributed by atoms with Crippen molar-refractivity contribution >= 4 is 17.2 Å². The van der Waals surface area contributed by atoms with Crippen molar-refractivity contribution in [3.05, 3.63) is 21.9 Å². The van der Waals surface area contributed by atoms with E-state index in [0.29, 0.717) is 6.54 Å². The van der Waals surface area contributed by atoms with E-state index in [1.54, 1.807) is 0 Å². The predicted octanol–water partition coefficient (Wildman–Crippen LogP) is 2.53. The molecule has 3 nitrogen and oxygen atoms in total. The van der Waals surface area contributed by atoms with Gasteiger partial charge in [-0.15, -0.1) is 11.3 Å². The van der Waals surface area contributed by atoms with Gasteiger partial charge in [0, 0.05) is 34.6 Å². The van der Waals surface area contributed by atoms with E-state index in [1.807, 2.05) is 11.4 Å². The standard InChI is InChI=1S/C15H17F2NO2S/c16-15(17)5-3-12(4-6-15)14(20)18-9-13-8-11(10-21-13)2-1-7-19/h8,10,12,19H,3-7,9H2,(H,18,20). The molecule has 2 rings (SSSR count). The monoisotopic (exact) mass is 313 g/mol. The third-order valence-electron chi connectivity index (χ3n) is 3.49. The molecular formula is C15H17F2NO2S. The minimum Gasteiger partial charge on any atom is -0.384 e. The van der Waals surface area contributed by atoms with Gasteiger partial charge < -0.3 is 10.4 Å². The highest BCUT2D eigenvalue weighted by Gasteiger charge is 2.37. The average molecular weight is 313 g/mol. The van der Waals surface area contributed by atoms with Crippen LogP contribution in [-0.2, 0) is 11.3 Å². The van der Waals surface area contributed by atoms with Crippen molar-refractivity contribution in [1.29, 1.82) is 0 Å². The van der Waals surface area contributed by atoms with Crippen LogP contribution in [0.25, 0.3) is 0 Å². The molecule has 1 fully saturated rings. The maximum atomic E-state index is 13.0. The quantitative estimate of drug-likeness (QED) is 0.843. The van der Waals surface area contributed by atoms with Crippen molar-refractivity contribution in [1.82, 2.24) is 5.32 Å². The molecule has 0 aromatic carbocycles. The molecule has 0 bridgehead atoms. The molecule has 0 radical (unpaired) electrons. The normalized spacial score (nSPS) is 17.9. The molecule has 0 spiro atoms. The molecular weight excluding hydrogens is 296 g/mol. The third-order valence-corrected chi connectivity index (χ3v) is 4.43. The summed E-state index contributed by atoms with van der Waals surface area (Å²) in [6.07, 6.45) is 0.0863. The van der Waals surface area contributed by atoms with E-state index in [2.05, 4.69) is 17.2 Å². The van der Waals surface area contributed by atoms with Gasteiger partial charge in [0.2, 0.25) is 11.8 Å². The maximum absolute atomic E-state index is 13.0. The lowest BCUT2D eigenvalue weighted by Crippen LogP contribution is -2.35. The van der Waals surface area contributed by atoms with Gasteiger partial charge in [0.25, 0.3) is 0 Å². The Morgan fingerprint density at radius 2 is 2.19 bits per heavy atom. The van der Waals surface area contributed by atoms with E-state index in [9.17, 15) is 13.6 Å². The van der Waals surface area contributed by atoms with Crippen molar-refractivity contribution in [2.75, 3.05) is 6.61 Å². The number of hydrogen-bond acceptors (Lipinski definition) is 3. The average Bonchev–Trinajstić information content (AvgIpc) is 2.90. The summed E-state index contributed by atoms with van der Waals surface area (Å²) in [7, 11) is 0. The molecule has 1 aliphatic carbocycles. The van der Waals surface area contributed by atoms with E-state index in [4.69, 9.17) is 5.11 Å². The number of halogens is 2. The van der Waals surface area contributed by atoms with Gasteiger partial charge in [-0.05, 0) is 18.9 Å². The van der Waals surface area contributed by atoms with E-state index in [0.717, 1.165) is 10.4 Å². The SMILES string of the molecule is O=C(NCc1cc(C#CCO)cs1)C1CCC(F)(F)CC1. The van der Waals surface area contributed by atoms with Crippen molar-refractivity contribution in [2.45, 2.75) is 38.2 Å². The molecule has 0 saturated heterocycles. The van der Waals surface area contributed by atoms with E-state index in [-0.39, 0.29) is 44.1 Å². The van der Waals surface area contributed by atoms with Gasteiger partial charge in [0.15, 0.2) is 0 Å². The number of aliphatic hydroxyl groups is 1. The lowest BCUT2D eigenvalue weighted by molar-refractivity contribution is -0.129. The summed E-state index contributed by atoms with van der Waals surface area (Å²) in [5, 5.41) is 13.3. The highest BCUT2D eigenvalue weighted by Crippen LogP contribution is 2.36. The Bertz CT molecular complexity index is 550. The van der Waals surface area contributed by atoms with E-state index in [1.165, 1.54) is 11.3 Å². The van der Waals surface area contributed by atoms with Crippen LogP contribution in [0.4, 0.5) is 8.78 Å². The number of hydrogen-bond donors (Lipinski definition) is 2. The van der Waals surface area contributed by atoms with Gasteiger partial charge in [0.1, 0.15) is 6.61 Å². The summed E-state index contributed by atoms with van der Waals surface area (Å²) in [4.78, 5) is 12.9. The first kappa shape index (κ1) is 15.9. The van der Waals surface area contributed by atoms with Crippen molar-refractivity contribution in [2.24, 2.45) is 5.92 Å². The first-order chi connectivity index (χ1) is 10.00. The zero-order valence-corrected chi connectivity index (χ0v) is 12.3. The molecule has 1 saturated carbocycles. The van der Waals surface area contributed by atoms with Crippen LogP contribution in [-0.4, -0.2) is 23.5 Å². The van der Waals surface area contributed by atoms with Crippen LogP contribution in [0.3, 0.4) is 0 Å². The zero-order chi connectivity index (χ0) is 15.3. The molecule has 1 aromatic rings. The number of amides is 1. The Morgan fingerprint density at radius 3 is 2.86 bits per heavy atom. The lowest BCUT2D eigenvalue weighted by atomic mass is 9.86. The van der Waals surface area contributed by atoms with Crippen molar-refractivity contribution < 1.29 is 18.7 Å². The molecule has 1 aromatic heterocycles. The van der Waals surface area contributed by atoms with Gasteiger partial charge in [-0.2, -0.15) is 0 Å². The van der Waals surface area contributed by atoms with Gasteiger partial charge in [0.05, 0.1) is 6.54 Å². The van der Waals surface area contributed by atoms with Crippen molar-refractivity contribution in [3.63, 3.8) is 0 Å². The highest BCUT2D eigenvalue weighted by molar-refractivity contribution is 7.10. The fourth-order valence-corrected chi connectivity index (χ4v) is 3.06. The van der Waals surface area contributed by atoms with E-state index >= 15 is 0 Å². The second kappa shape index (κ2) is 7.01. The Hall–Kier alpha value is -1.45. The van der Waals surface area contributed by atoms with Gasteiger partial charge in [-0.3, -0.25) is 4.79 Å². The molecule has 6 heteroatoms. The highest BCUT2D eigenvalue weighted by atomic mass is 32.1. The first-order valence-electron chi connectivity index (χ1n) is 6.83. The lowest BCUT2D eigenvalue weighted by Gasteiger charge is -2.27. The first-order valence-corrected chi connectivity index (χ1v) is 7.71. The van der Waals surface area contributed by atoms with Crippen molar-refractivity contribution in [3.8, 4) is 11.8 Å². The summed E-state index contributed by atoms with van der Waals surface area (Å²) in [5.74, 6) is 2.28. The fourth-order valence-electron chi connectivity index (χ4n) is 2.30. The molecule has 21 heavy (non-hydrogen) atoms. The number of carbonyl (C=O) groups is 1. The van der Waals surface area contributed by atoms with Crippen LogP contribution in [0.2, 0.25) is 0 Å². The fraction of sp³-hybridized carbons (Fsp3) is 0.533. The third kappa shape index (κ3) is 4.80. The van der Waals surface area contributed by atoms with Crippen LogP contribution in [0, 0.1) is 17.8 Å². The van der Waals surface area contributed by atoms with Gasteiger partial charge >= 0.3 is 0 Å². The second-order valence-corrected chi connectivity index (χ2v) is 6.11. The van der Waals surface area contributed by atoms with Crippen LogP contribution >= 0.6 is 11.3 Å². The molecule has 0 unspecified atom stereocenters. The van der Waals surface area contributed by atoms with Gasteiger partial charge in [-0.1, -0.05) is 11.8 Å². The predicted molar refractivity (Wildman–Crippen MR) is 77.0 cm³/mol.